The number of esters is 2. The molecule has 0 radical (unpaired) electrons. The Morgan fingerprint density at radius 3 is 2.24 bits per heavy atom. The van der Waals surface area contributed by atoms with Crippen molar-refractivity contribution in [2.45, 2.75) is 52.0 Å². The summed E-state index contributed by atoms with van der Waals surface area (Å²) in [6, 6.07) is -1.13. The number of hydrogen-bond donors (Lipinski definition) is 0. The van der Waals surface area contributed by atoms with E-state index in [1.54, 1.807) is 20.8 Å². The molecular weight excluding hydrogens is 334 g/mol. The number of rotatable bonds is 2. The third kappa shape index (κ3) is 4.47. The molecule has 0 N–H and O–H groups in total. The summed E-state index contributed by atoms with van der Waals surface area (Å²) in [4.78, 5) is 50.4. The average molecular weight is 357 g/mol. The number of hydrogen-bond acceptors (Lipinski definition) is 8. The number of cyclic esters (lactones) is 2. The fourth-order valence-corrected chi connectivity index (χ4v) is 2.52. The van der Waals surface area contributed by atoms with E-state index >= 15 is 0 Å². The largest absolute Gasteiger partial charge is 0.444 e. The number of carbonyl (C=O) groups is 4. The van der Waals surface area contributed by atoms with Gasteiger partial charge in [-0.15, -0.1) is 0 Å². The quantitative estimate of drug-likeness (QED) is 0.523. The molecular formula is C16H23NO8. The van der Waals surface area contributed by atoms with Crippen molar-refractivity contribution in [3.05, 3.63) is 0 Å². The molecule has 9 nitrogen and oxygen atoms in total. The minimum Gasteiger partial charge on any atom is -0.444 e. The molecule has 0 aromatic rings. The van der Waals surface area contributed by atoms with Crippen LogP contribution in [0, 0.1) is 5.92 Å². The SMILES string of the molecule is CC(C)(C)OC(=O)N1CCOC[C@H]1C(=O)C1C(=O)OC(C)(C)OC1=O. The van der Waals surface area contributed by atoms with Gasteiger partial charge in [-0.05, 0) is 20.8 Å². The van der Waals surface area contributed by atoms with E-state index in [-0.39, 0.29) is 19.8 Å². The molecule has 0 aromatic heterocycles. The van der Waals surface area contributed by atoms with E-state index in [4.69, 9.17) is 18.9 Å². The Kier molecular flexibility index (Phi) is 5.08. The van der Waals surface area contributed by atoms with E-state index in [0.717, 1.165) is 4.90 Å². The first-order chi connectivity index (χ1) is 11.4. The average Bonchev–Trinajstić information content (AvgIpc) is 2.43. The van der Waals surface area contributed by atoms with Gasteiger partial charge in [0.25, 0.3) is 5.79 Å². The van der Waals surface area contributed by atoms with Gasteiger partial charge in [-0.3, -0.25) is 19.3 Å². The first-order valence-corrected chi connectivity index (χ1v) is 7.98. The molecule has 2 saturated heterocycles. The summed E-state index contributed by atoms with van der Waals surface area (Å²) in [6.07, 6.45) is -0.716. The summed E-state index contributed by atoms with van der Waals surface area (Å²) in [5.74, 6) is -5.98. The molecule has 25 heavy (non-hydrogen) atoms. The van der Waals surface area contributed by atoms with Crippen LogP contribution in [0.1, 0.15) is 34.6 Å². The number of Topliss-reactive ketones (excluding diaryl/α,β-unsaturated/α-hetero) is 1. The van der Waals surface area contributed by atoms with Gasteiger partial charge in [0.2, 0.25) is 5.92 Å². The van der Waals surface area contributed by atoms with Crippen LogP contribution in [-0.4, -0.2) is 65.9 Å². The summed E-state index contributed by atoms with van der Waals surface area (Å²) in [5.41, 5.74) is -0.754. The highest BCUT2D eigenvalue weighted by Crippen LogP contribution is 2.26. The van der Waals surface area contributed by atoms with Crippen molar-refractivity contribution in [3.63, 3.8) is 0 Å². The van der Waals surface area contributed by atoms with Crippen LogP contribution >= 0.6 is 0 Å². The smallest absolute Gasteiger partial charge is 0.411 e. The minimum atomic E-state index is -1.75. The molecule has 1 amide bonds. The molecule has 2 aliphatic rings. The Labute approximate surface area is 145 Å². The van der Waals surface area contributed by atoms with E-state index in [9.17, 15) is 19.2 Å². The summed E-state index contributed by atoms with van der Waals surface area (Å²) in [6.45, 7) is 8.04. The van der Waals surface area contributed by atoms with Crippen LogP contribution in [-0.2, 0) is 33.3 Å². The van der Waals surface area contributed by atoms with Gasteiger partial charge in [-0.25, -0.2) is 4.79 Å². The molecule has 140 valence electrons. The molecule has 2 aliphatic heterocycles. The highest BCUT2D eigenvalue weighted by atomic mass is 16.7. The van der Waals surface area contributed by atoms with Gasteiger partial charge in [-0.1, -0.05) is 0 Å². The Morgan fingerprint density at radius 2 is 1.72 bits per heavy atom. The van der Waals surface area contributed by atoms with Crippen molar-refractivity contribution < 1.29 is 38.1 Å². The van der Waals surface area contributed by atoms with E-state index < -0.39 is 47.2 Å². The van der Waals surface area contributed by atoms with Crippen molar-refractivity contribution >= 4 is 23.8 Å². The molecule has 2 rings (SSSR count). The fraction of sp³-hybridized carbons (Fsp3) is 0.750. The minimum absolute atomic E-state index is 0.105. The van der Waals surface area contributed by atoms with Gasteiger partial charge < -0.3 is 18.9 Å². The lowest BCUT2D eigenvalue weighted by molar-refractivity contribution is -0.239. The number of ketones is 1. The zero-order valence-electron chi connectivity index (χ0n) is 15.0. The molecule has 2 heterocycles. The van der Waals surface area contributed by atoms with E-state index in [2.05, 4.69) is 0 Å². The lowest BCUT2D eigenvalue weighted by Crippen LogP contribution is -2.59. The molecule has 0 unspecified atom stereocenters. The standard InChI is InChI=1S/C16H23NO8/c1-15(2,3)25-14(21)17-6-7-22-8-9(17)11(18)10-12(19)23-16(4,5)24-13(10)20/h9-10H,6-8H2,1-5H3/t9-/m0/s1. The lowest BCUT2D eigenvalue weighted by Gasteiger charge is -2.38. The van der Waals surface area contributed by atoms with Gasteiger partial charge in [0.15, 0.2) is 5.78 Å². The maximum Gasteiger partial charge on any atom is 0.411 e. The molecule has 0 saturated carbocycles. The van der Waals surface area contributed by atoms with Gasteiger partial charge in [0, 0.05) is 20.4 Å². The molecule has 0 aromatic carbocycles. The first kappa shape index (κ1) is 19.2. The maximum absolute atomic E-state index is 12.7. The van der Waals surface area contributed by atoms with Crippen molar-refractivity contribution in [1.82, 2.24) is 4.90 Å². The third-order valence-electron chi connectivity index (χ3n) is 3.53. The van der Waals surface area contributed by atoms with Crippen LogP contribution in [0.2, 0.25) is 0 Å². The van der Waals surface area contributed by atoms with E-state index in [1.807, 2.05) is 0 Å². The number of nitrogens with zero attached hydrogens (tertiary/aromatic N) is 1. The highest BCUT2D eigenvalue weighted by molar-refractivity contribution is 6.17. The molecule has 2 fully saturated rings. The predicted octanol–water partition coefficient (Wildman–Crippen LogP) is 0.644. The zero-order chi connectivity index (χ0) is 19.0. The van der Waals surface area contributed by atoms with Gasteiger partial charge in [0.05, 0.1) is 13.2 Å². The predicted molar refractivity (Wildman–Crippen MR) is 82.3 cm³/mol. The Morgan fingerprint density at radius 1 is 1.16 bits per heavy atom. The second-order valence-electron chi connectivity index (χ2n) is 7.34. The van der Waals surface area contributed by atoms with E-state index in [1.165, 1.54) is 13.8 Å². The van der Waals surface area contributed by atoms with Crippen molar-refractivity contribution in [2.24, 2.45) is 5.92 Å². The Balaban J connectivity index is 2.19. The topological polar surface area (TPSA) is 108 Å². The summed E-state index contributed by atoms with van der Waals surface area (Å²) in [5, 5.41) is 0. The Hall–Kier alpha value is -2.16. The van der Waals surface area contributed by atoms with Gasteiger partial charge in [-0.2, -0.15) is 0 Å². The van der Waals surface area contributed by atoms with E-state index in [0.29, 0.717) is 0 Å². The van der Waals surface area contributed by atoms with Crippen molar-refractivity contribution in [1.29, 1.82) is 0 Å². The lowest BCUT2D eigenvalue weighted by atomic mass is 9.95. The summed E-state index contributed by atoms with van der Waals surface area (Å²) < 4.78 is 20.5. The van der Waals surface area contributed by atoms with Crippen LogP contribution in [0.3, 0.4) is 0 Å². The van der Waals surface area contributed by atoms with Gasteiger partial charge >= 0.3 is 18.0 Å². The normalized spacial score (nSPS) is 24.4. The maximum atomic E-state index is 12.7. The van der Waals surface area contributed by atoms with Crippen LogP contribution in [0.5, 0.6) is 0 Å². The van der Waals surface area contributed by atoms with Crippen molar-refractivity contribution in [3.8, 4) is 0 Å². The second-order valence-corrected chi connectivity index (χ2v) is 7.34. The Bertz CT molecular complexity index is 571. The number of morpholine rings is 1. The summed E-state index contributed by atoms with van der Waals surface area (Å²) >= 11 is 0. The molecule has 0 spiro atoms. The van der Waals surface area contributed by atoms with Gasteiger partial charge in [0.1, 0.15) is 11.6 Å². The monoisotopic (exact) mass is 357 g/mol. The highest BCUT2D eigenvalue weighted by Gasteiger charge is 2.51. The van der Waals surface area contributed by atoms with Crippen LogP contribution in [0.25, 0.3) is 0 Å². The second kappa shape index (κ2) is 6.62. The first-order valence-electron chi connectivity index (χ1n) is 7.98. The van der Waals surface area contributed by atoms with Crippen molar-refractivity contribution in [2.75, 3.05) is 19.8 Å². The fourth-order valence-electron chi connectivity index (χ4n) is 2.52. The van der Waals surface area contributed by atoms with Crippen LogP contribution in [0.4, 0.5) is 4.79 Å². The molecule has 0 bridgehead atoms. The zero-order valence-corrected chi connectivity index (χ0v) is 15.0. The van der Waals surface area contributed by atoms with Crippen LogP contribution in [0.15, 0.2) is 0 Å². The number of ether oxygens (including phenoxy) is 4. The third-order valence-corrected chi connectivity index (χ3v) is 3.53. The molecule has 9 heteroatoms. The number of amides is 1. The summed E-state index contributed by atoms with van der Waals surface area (Å²) in [7, 11) is 0. The number of carbonyl (C=O) groups excluding carboxylic acids is 4. The van der Waals surface area contributed by atoms with Crippen LogP contribution < -0.4 is 0 Å². The molecule has 1 atom stereocenters. The molecule has 0 aliphatic carbocycles.